The van der Waals surface area contributed by atoms with Crippen LogP contribution >= 0.6 is 23.1 Å². The Hall–Kier alpha value is -0.760. The minimum absolute atomic E-state index is 0.0304. The molecule has 0 unspecified atom stereocenters. The molecule has 0 amide bonds. The number of halogens is 3. The number of alkyl halides is 3. The van der Waals surface area contributed by atoms with Gasteiger partial charge >= 0.3 is 12.1 Å². The summed E-state index contributed by atoms with van der Waals surface area (Å²) in [7, 11) is 0. The largest absolute Gasteiger partial charge is 0.462 e. The predicted octanol–water partition coefficient (Wildman–Crippen LogP) is 3.06. The van der Waals surface area contributed by atoms with Gasteiger partial charge in [-0.05, 0) is 13.2 Å². The monoisotopic (exact) mass is 271 g/mol. The Morgan fingerprint density at radius 2 is 2.19 bits per heavy atom. The molecule has 0 spiro atoms. The van der Waals surface area contributed by atoms with Crippen LogP contribution in [0.4, 0.5) is 13.2 Å². The molecular formula is C8H8F3NO2S2. The van der Waals surface area contributed by atoms with Crippen LogP contribution in [0.5, 0.6) is 0 Å². The lowest BCUT2D eigenvalue weighted by Crippen LogP contribution is -2.13. The van der Waals surface area contributed by atoms with Crippen molar-refractivity contribution < 1.29 is 22.7 Å². The maximum atomic E-state index is 12.5. The van der Waals surface area contributed by atoms with E-state index in [4.69, 9.17) is 0 Å². The van der Waals surface area contributed by atoms with Gasteiger partial charge in [0.1, 0.15) is 4.88 Å². The van der Waals surface area contributed by atoms with Crippen molar-refractivity contribution in [1.29, 1.82) is 0 Å². The topological polar surface area (TPSA) is 39.2 Å². The van der Waals surface area contributed by atoms with Crippen LogP contribution in [0.15, 0.2) is 4.34 Å². The van der Waals surface area contributed by atoms with Gasteiger partial charge in [0.05, 0.1) is 6.61 Å². The minimum Gasteiger partial charge on any atom is -0.462 e. The maximum absolute atomic E-state index is 12.5. The average molecular weight is 271 g/mol. The Balaban J connectivity index is 3.15. The van der Waals surface area contributed by atoms with Gasteiger partial charge < -0.3 is 4.74 Å². The zero-order valence-corrected chi connectivity index (χ0v) is 10.1. The lowest BCUT2D eigenvalue weighted by atomic mass is 10.3. The normalized spacial score (nSPS) is 11.6. The summed E-state index contributed by atoms with van der Waals surface area (Å²) in [5, 5.41) is 0. The van der Waals surface area contributed by atoms with Gasteiger partial charge in [-0.3, -0.25) is 0 Å². The molecule has 16 heavy (non-hydrogen) atoms. The minimum atomic E-state index is -4.63. The van der Waals surface area contributed by atoms with Crippen LogP contribution in [0, 0.1) is 0 Å². The standard InChI is InChI=1S/C8H8F3NO2S2/c1-3-14-6(13)4-5(8(9,10)11)12-7(15-2)16-4/h3H2,1-2H3. The summed E-state index contributed by atoms with van der Waals surface area (Å²) in [6.45, 7) is 1.56. The van der Waals surface area contributed by atoms with E-state index in [1.54, 1.807) is 6.26 Å². The third-order valence-corrected chi connectivity index (χ3v) is 3.53. The fourth-order valence-electron chi connectivity index (χ4n) is 0.915. The van der Waals surface area contributed by atoms with Crippen molar-refractivity contribution in [3.05, 3.63) is 10.6 Å². The summed E-state index contributed by atoms with van der Waals surface area (Å²) < 4.78 is 42.3. The van der Waals surface area contributed by atoms with Crippen molar-refractivity contribution in [3.8, 4) is 0 Å². The molecule has 1 aromatic rings. The van der Waals surface area contributed by atoms with Crippen molar-refractivity contribution in [2.45, 2.75) is 17.4 Å². The molecule has 0 saturated carbocycles. The highest BCUT2D eigenvalue weighted by Crippen LogP contribution is 2.37. The number of hydrogen-bond donors (Lipinski definition) is 0. The smallest absolute Gasteiger partial charge is 0.435 e. The van der Waals surface area contributed by atoms with Gasteiger partial charge in [-0.2, -0.15) is 13.2 Å². The summed E-state index contributed by atoms with van der Waals surface area (Å²) in [6.07, 6.45) is -3.04. The van der Waals surface area contributed by atoms with Crippen LogP contribution in [-0.4, -0.2) is 23.8 Å². The second-order valence-corrected chi connectivity index (χ2v) is 4.63. The molecule has 0 bridgehead atoms. The van der Waals surface area contributed by atoms with Crippen LogP contribution in [0.25, 0.3) is 0 Å². The summed E-state index contributed by atoms with van der Waals surface area (Å²) >= 11 is 1.75. The molecule has 0 fully saturated rings. The highest BCUT2D eigenvalue weighted by Gasteiger charge is 2.40. The van der Waals surface area contributed by atoms with Crippen LogP contribution in [0.1, 0.15) is 22.3 Å². The Morgan fingerprint density at radius 3 is 2.62 bits per heavy atom. The first-order valence-electron chi connectivity index (χ1n) is 4.19. The van der Waals surface area contributed by atoms with Crippen molar-refractivity contribution in [2.75, 3.05) is 12.9 Å². The van der Waals surface area contributed by atoms with Gasteiger partial charge in [0.15, 0.2) is 10.0 Å². The molecule has 0 aliphatic carbocycles. The number of carbonyl (C=O) groups excluding carboxylic acids is 1. The van der Waals surface area contributed by atoms with Crippen molar-refractivity contribution in [3.63, 3.8) is 0 Å². The number of ether oxygens (including phenoxy) is 1. The van der Waals surface area contributed by atoms with E-state index in [-0.39, 0.29) is 10.9 Å². The van der Waals surface area contributed by atoms with Crippen LogP contribution in [0.2, 0.25) is 0 Å². The fraction of sp³-hybridized carbons (Fsp3) is 0.500. The lowest BCUT2D eigenvalue weighted by Gasteiger charge is -2.04. The van der Waals surface area contributed by atoms with Crippen molar-refractivity contribution in [1.82, 2.24) is 4.98 Å². The Labute approximate surface area is 98.0 Å². The van der Waals surface area contributed by atoms with Gasteiger partial charge in [-0.25, -0.2) is 9.78 Å². The number of thioether (sulfide) groups is 1. The van der Waals surface area contributed by atoms with Crippen LogP contribution in [0.3, 0.4) is 0 Å². The third kappa shape index (κ3) is 2.88. The van der Waals surface area contributed by atoms with Gasteiger partial charge in [-0.1, -0.05) is 11.8 Å². The molecule has 0 atom stereocenters. The molecule has 0 N–H and O–H groups in total. The maximum Gasteiger partial charge on any atom is 0.435 e. The molecule has 0 aliphatic rings. The van der Waals surface area contributed by atoms with E-state index in [2.05, 4.69) is 9.72 Å². The number of aromatic nitrogens is 1. The molecule has 0 aromatic carbocycles. The summed E-state index contributed by atoms with van der Waals surface area (Å²) in [6, 6.07) is 0. The number of carbonyl (C=O) groups is 1. The second kappa shape index (κ2) is 5.05. The van der Waals surface area contributed by atoms with E-state index >= 15 is 0 Å². The first-order valence-corrected chi connectivity index (χ1v) is 6.23. The fourth-order valence-corrected chi connectivity index (χ4v) is 2.39. The molecule has 90 valence electrons. The van der Waals surface area contributed by atoms with E-state index in [0.717, 1.165) is 11.8 Å². The van der Waals surface area contributed by atoms with E-state index < -0.39 is 22.7 Å². The Kier molecular flexibility index (Phi) is 4.20. The first kappa shape index (κ1) is 13.3. The molecule has 1 rings (SSSR count). The molecule has 1 aromatic heterocycles. The average Bonchev–Trinajstić information content (AvgIpc) is 2.61. The van der Waals surface area contributed by atoms with Gasteiger partial charge in [0.2, 0.25) is 0 Å². The van der Waals surface area contributed by atoms with Crippen molar-refractivity contribution >= 4 is 29.1 Å². The third-order valence-electron chi connectivity index (χ3n) is 1.51. The summed E-state index contributed by atoms with van der Waals surface area (Å²) in [5.41, 5.74) is -1.17. The summed E-state index contributed by atoms with van der Waals surface area (Å²) in [5.74, 6) is -0.979. The SMILES string of the molecule is CCOC(=O)c1sc(SC)nc1C(F)(F)F. The number of thiazole rings is 1. The highest BCUT2D eigenvalue weighted by molar-refractivity contribution is 8.00. The molecule has 1 heterocycles. The lowest BCUT2D eigenvalue weighted by molar-refractivity contribution is -0.141. The van der Waals surface area contributed by atoms with E-state index in [1.165, 1.54) is 6.92 Å². The number of rotatable bonds is 3. The molecule has 0 aliphatic heterocycles. The van der Waals surface area contributed by atoms with Gasteiger partial charge in [0, 0.05) is 0 Å². The zero-order chi connectivity index (χ0) is 12.3. The molecule has 0 saturated heterocycles. The molecule has 0 radical (unpaired) electrons. The highest BCUT2D eigenvalue weighted by atomic mass is 32.2. The second-order valence-electron chi connectivity index (χ2n) is 2.58. The Morgan fingerprint density at radius 1 is 1.56 bits per heavy atom. The summed E-state index contributed by atoms with van der Waals surface area (Å²) in [4.78, 5) is 14.2. The molecular weight excluding hydrogens is 263 g/mol. The molecule has 8 heteroatoms. The Bertz CT molecular complexity index is 389. The van der Waals surface area contributed by atoms with Gasteiger partial charge in [0.25, 0.3) is 0 Å². The first-order chi connectivity index (χ1) is 7.40. The zero-order valence-electron chi connectivity index (χ0n) is 8.42. The van der Waals surface area contributed by atoms with E-state index in [0.29, 0.717) is 11.3 Å². The van der Waals surface area contributed by atoms with Crippen LogP contribution in [-0.2, 0) is 10.9 Å². The predicted molar refractivity (Wildman–Crippen MR) is 54.9 cm³/mol. The van der Waals surface area contributed by atoms with E-state index in [9.17, 15) is 18.0 Å². The number of esters is 1. The van der Waals surface area contributed by atoms with E-state index in [1.807, 2.05) is 0 Å². The molecule has 3 nitrogen and oxygen atoms in total. The number of hydrogen-bond acceptors (Lipinski definition) is 5. The quantitative estimate of drug-likeness (QED) is 0.625. The number of nitrogens with zero attached hydrogens (tertiary/aromatic N) is 1. The van der Waals surface area contributed by atoms with Crippen LogP contribution < -0.4 is 0 Å². The van der Waals surface area contributed by atoms with Gasteiger partial charge in [-0.15, -0.1) is 11.3 Å². The van der Waals surface area contributed by atoms with Crippen molar-refractivity contribution in [2.24, 2.45) is 0 Å².